The van der Waals surface area contributed by atoms with E-state index in [1.165, 1.54) is 0 Å². The molecular weight excluding hydrogens is 356 g/mol. The van der Waals surface area contributed by atoms with E-state index in [2.05, 4.69) is 11.8 Å². The van der Waals surface area contributed by atoms with Gasteiger partial charge in [0.05, 0.1) is 6.26 Å². The summed E-state index contributed by atoms with van der Waals surface area (Å²) in [5.74, 6) is 0.107. The Kier molecular flexibility index (Phi) is 4.98. The van der Waals surface area contributed by atoms with Gasteiger partial charge in [0.2, 0.25) is 5.91 Å². The number of amides is 1. The molecule has 6 nitrogen and oxygen atoms in total. The lowest BCUT2D eigenvalue weighted by Gasteiger charge is -2.34. The zero-order valence-electron chi connectivity index (χ0n) is 16.7. The second kappa shape index (κ2) is 7.43. The Hall–Kier alpha value is -2.60. The molecule has 0 bridgehead atoms. The maximum Gasteiger partial charge on any atom is 0.339 e. The van der Waals surface area contributed by atoms with Gasteiger partial charge in [-0.05, 0) is 44.0 Å². The van der Waals surface area contributed by atoms with Crippen LogP contribution in [0.5, 0.6) is 0 Å². The highest BCUT2D eigenvalue weighted by Crippen LogP contribution is 2.29. The molecule has 1 saturated heterocycles. The van der Waals surface area contributed by atoms with Crippen molar-refractivity contribution in [2.45, 2.75) is 33.6 Å². The van der Waals surface area contributed by atoms with E-state index in [0.29, 0.717) is 29.6 Å². The van der Waals surface area contributed by atoms with E-state index in [1.807, 2.05) is 24.8 Å². The minimum absolute atomic E-state index is 0.107. The van der Waals surface area contributed by atoms with Crippen LogP contribution in [-0.2, 0) is 11.2 Å². The van der Waals surface area contributed by atoms with Crippen molar-refractivity contribution in [3.63, 3.8) is 0 Å². The third kappa shape index (κ3) is 3.33. The van der Waals surface area contributed by atoms with E-state index >= 15 is 0 Å². The van der Waals surface area contributed by atoms with Gasteiger partial charge >= 0.3 is 5.63 Å². The van der Waals surface area contributed by atoms with E-state index in [4.69, 9.17) is 8.83 Å². The second-order valence-electron chi connectivity index (χ2n) is 7.57. The van der Waals surface area contributed by atoms with Crippen LogP contribution >= 0.6 is 0 Å². The van der Waals surface area contributed by atoms with Crippen LogP contribution in [0.1, 0.15) is 30.0 Å². The summed E-state index contributed by atoms with van der Waals surface area (Å²) in [5.41, 5.74) is 3.39. The van der Waals surface area contributed by atoms with Crippen LogP contribution in [0.2, 0.25) is 0 Å². The van der Waals surface area contributed by atoms with E-state index in [0.717, 1.165) is 54.6 Å². The highest BCUT2D eigenvalue weighted by Gasteiger charge is 2.21. The summed E-state index contributed by atoms with van der Waals surface area (Å²) in [7, 11) is 0. The van der Waals surface area contributed by atoms with Crippen LogP contribution in [0.25, 0.3) is 21.9 Å². The molecule has 0 saturated carbocycles. The van der Waals surface area contributed by atoms with Crippen molar-refractivity contribution in [2.75, 3.05) is 32.7 Å². The quantitative estimate of drug-likeness (QED) is 0.648. The molecule has 6 heteroatoms. The summed E-state index contributed by atoms with van der Waals surface area (Å²) in [6.07, 6.45) is 2.43. The normalized spacial score (nSPS) is 15.6. The number of hydrogen-bond donors (Lipinski definition) is 0. The van der Waals surface area contributed by atoms with E-state index < -0.39 is 0 Å². The predicted octanol–water partition coefficient (Wildman–Crippen LogP) is 3.25. The Balaban J connectivity index is 1.56. The molecule has 3 heterocycles. The number of furan rings is 1. The zero-order chi connectivity index (χ0) is 19.8. The van der Waals surface area contributed by atoms with Crippen molar-refractivity contribution in [1.29, 1.82) is 0 Å². The van der Waals surface area contributed by atoms with Crippen molar-refractivity contribution in [1.82, 2.24) is 9.80 Å². The van der Waals surface area contributed by atoms with Crippen LogP contribution < -0.4 is 5.63 Å². The molecule has 28 heavy (non-hydrogen) atoms. The van der Waals surface area contributed by atoms with Crippen LogP contribution in [0.3, 0.4) is 0 Å². The molecule has 4 rings (SSSR count). The fourth-order valence-electron chi connectivity index (χ4n) is 4.03. The first-order valence-electron chi connectivity index (χ1n) is 9.92. The van der Waals surface area contributed by atoms with E-state index in [9.17, 15) is 9.59 Å². The van der Waals surface area contributed by atoms with Gasteiger partial charge in [-0.3, -0.25) is 4.79 Å². The number of hydrogen-bond acceptors (Lipinski definition) is 5. The van der Waals surface area contributed by atoms with Gasteiger partial charge in [0.1, 0.15) is 11.2 Å². The van der Waals surface area contributed by atoms with Gasteiger partial charge in [-0.25, -0.2) is 4.79 Å². The fraction of sp³-hybridized carbons (Fsp3) is 0.455. The largest absolute Gasteiger partial charge is 0.464 e. The minimum Gasteiger partial charge on any atom is -0.464 e. The molecule has 1 aliphatic rings. The van der Waals surface area contributed by atoms with Crippen molar-refractivity contribution in [3.8, 4) is 0 Å². The summed E-state index contributed by atoms with van der Waals surface area (Å²) in [6, 6.07) is 3.78. The summed E-state index contributed by atoms with van der Waals surface area (Å²) < 4.78 is 11.1. The Morgan fingerprint density at radius 3 is 2.54 bits per heavy atom. The van der Waals surface area contributed by atoms with Crippen molar-refractivity contribution in [3.05, 3.63) is 45.5 Å². The summed E-state index contributed by atoms with van der Waals surface area (Å²) >= 11 is 0. The van der Waals surface area contributed by atoms with Gasteiger partial charge in [-0.1, -0.05) is 6.92 Å². The van der Waals surface area contributed by atoms with Crippen LogP contribution in [-0.4, -0.2) is 48.4 Å². The molecule has 0 N–H and O–H groups in total. The number of likely N-dealkylation sites (N-methyl/N-ethyl adjacent to an activating group) is 1. The van der Waals surface area contributed by atoms with Crippen LogP contribution in [0.4, 0.5) is 0 Å². The van der Waals surface area contributed by atoms with Crippen LogP contribution in [0, 0.1) is 13.8 Å². The highest BCUT2D eigenvalue weighted by molar-refractivity contribution is 5.96. The molecule has 0 aliphatic carbocycles. The molecule has 0 atom stereocenters. The Bertz CT molecular complexity index is 1090. The molecule has 0 spiro atoms. The fourth-order valence-corrected chi connectivity index (χ4v) is 4.03. The number of piperazine rings is 1. The number of nitrogens with zero attached hydrogens (tertiary/aromatic N) is 2. The van der Waals surface area contributed by atoms with Crippen molar-refractivity contribution >= 4 is 27.8 Å². The molecule has 1 fully saturated rings. The van der Waals surface area contributed by atoms with Crippen LogP contribution in [0.15, 0.2) is 32.0 Å². The lowest BCUT2D eigenvalue weighted by molar-refractivity contribution is -0.132. The standard InChI is InChI=1S/C22H26N2O4/c1-4-23-7-9-24(10-8-23)21(25)6-5-16-15(3)18-11-17-14(2)13-27-19(17)12-20(18)28-22(16)26/h11-13H,4-10H2,1-3H3. The first kappa shape index (κ1) is 18.7. The molecule has 0 unspecified atom stereocenters. The van der Waals surface area contributed by atoms with Gasteiger partial charge in [0, 0.05) is 55.0 Å². The second-order valence-corrected chi connectivity index (χ2v) is 7.57. The average molecular weight is 382 g/mol. The number of carbonyl (C=O) groups is 1. The Morgan fingerprint density at radius 2 is 1.82 bits per heavy atom. The number of benzene rings is 1. The highest BCUT2D eigenvalue weighted by atomic mass is 16.4. The lowest BCUT2D eigenvalue weighted by Crippen LogP contribution is -2.48. The Labute approximate surface area is 163 Å². The van der Waals surface area contributed by atoms with Gasteiger partial charge in [0.15, 0.2) is 0 Å². The molecule has 2 aromatic heterocycles. The summed E-state index contributed by atoms with van der Waals surface area (Å²) in [5, 5.41) is 1.91. The molecule has 1 aliphatic heterocycles. The first-order valence-corrected chi connectivity index (χ1v) is 9.92. The third-order valence-electron chi connectivity index (χ3n) is 5.94. The molecule has 0 radical (unpaired) electrons. The smallest absolute Gasteiger partial charge is 0.339 e. The number of rotatable bonds is 4. The molecule has 3 aromatic rings. The Morgan fingerprint density at radius 1 is 1.07 bits per heavy atom. The zero-order valence-corrected chi connectivity index (χ0v) is 16.7. The monoisotopic (exact) mass is 382 g/mol. The van der Waals surface area contributed by atoms with E-state index in [1.54, 1.807) is 12.3 Å². The molecule has 1 amide bonds. The molecule has 148 valence electrons. The van der Waals surface area contributed by atoms with Crippen molar-refractivity contribution in [2.24, 2.45) is 0 Å². The minimum atomic E-state index is -0.365. The average Bonchev–Trinajstić information content (AvgIpc) is 3.06. The number of carbonyl (C=O) groups excluding carboxylic acids is 1. The van der Waals surface area contributed by atoms with Gasteiger partial charge in [-0.2, -0.15) is 0 Å². The topological polar surface area (TPSA) is 66.9 Å². The van der Waals surface area contributed by atoms with Gasteiger partial charge in [-0.15, -0.1) is 0 Å². The predicted molar refractivity (Wildman–Crippen MR) is 109 cm³/mol. The van der Waals surface area contributed by atoms with E-state index in [-0.39, 0.29) is 11.5 Å². The van der Waals surface area contributed by atoms with Crippen molar-refractivity contribution < 1.29 is 13.6 Å². The summed E-state index contributed by atoms with van der Waals surface area (Å²) in [4.78, 5) is 29.4. The SMILES string of the molecule is CCN1CCN(C(=O)CCc2c(C)c3cc4c(C)coc4cc3oc2=O)CC1. The molecule has 1 aromatic carbocycles. The third-order valence-corrected chi connectivity index (χ3v) is 5.94. The van der Waals surface area contributed by atoms with Gasteiger partial charge < -0.3 is 18.6 Å². The molecular formula is C22H26N2O4. The maximum absolute atomic E-state index is 12.6. The first-order chi connectivity index (χ1) is 13.5. The number of aryl methyl sites for hydroxylation is 2. The number of fused-ring (bicyclic) bond motifs is 2. The van der Waals surface area contributed by atoms with Gasteiger partial charge in [0.25, 0.3) is 0 Å². The maximum atomic E-state index is 12.6. The lowest BCUT2D eigenvalue weighted by atomic mass is 10.0. The summed E-state index contributed by atoms with van der Waals surface area (Å²) in [6.45, 7) is 10.4.